The highest BCUT2D eigenvalue weighted by molar-refractivity contribution is 6.32. The Morgan fingerprint density at radius 3 is 2.78 bits per heavy atom. The maximum Gasteiger partial charge on any atom is 0.147 e. The standard InChI is InChI=1S/C17H26ClN3O2/c1-20(2)10-11-23-15-12-14(22)17(15)5-8-21(9-6-17)16-13(18)4-3-7-19-16/h3-4,7,14-15,22H,5-6,8-12H2,1-2H3/t14-,15+/m0/s1. The van der Waals surface area contributed by atoms with Gasteiger partial charge in [0, 0.05) is 37.7 Å². The number of aromatic nitrogens is 1. The van der Waals surface area contributed by atoms with Gasteiger partial charge in [-0.25, -0.2) is 4.98 Å². The van der Waals surface area contributed by atoms with E-state index in [-0.39, 0.29) is 17.6 Å². The molecule has 1 spiro atoms. The van der Waals surface area contributed by atoms with Crippen LogP contribution in [0.15, 0.2) is 18.3 Å². The molecule has 1 saturated heterocycles. The number of hydrogen-bond acceptors (Lipinski definition) is 5. The number of ether oxygens (including phenoxy) is 1. The number of piperidine rings is 1. The Kier molecular flexibility index (Phi) is 5.11. The molecule has 0 amide bonds. The van der Waals surface area contributed by atoms with Crippen molar-refractivity contribution in [3.05, 3.63) is 23.4 Å². The van der Waals surface area contributed by atoms with Crippen molar-refractivity contribution in [2.45, 2.75) is 31.5 Å². The zero-order valence-corrected chi connectivity index (χ0v) is 14.7. The van der Waals surface area contributed by atoms with E-state index in [1.807, 2.05) is 26.2 Å². The van der Waals surface area contributed by atoms with Crippen LogP contribution in [0.3, 0.4) is 0 Å². The number of aliphatic hydroxyl groups excluding tert-OH is 1. The lowest BCUT2D eigenvalue weighted by Gasteiger charge is -2.56. The molecule has 0 unspecified atom stereocenters. The summed E-state index contributed by atoms with van der Waals surface area (Å²) in [6.07, 6.45) is 4.32. The Balaban J connectivity index is 1.59. The molecule has 2 atom stereocenters. The Morgan fingerprint density at radius 1 is 1.43 bits per heavy atom. The van der Waals surface area contributed by atoms with Gasteiger partial charge in [-0.1, -0.05) is 11.6 Å². The molecule has 1 saturated carbocycles. The van der Waals surface area contributed by atoms with Crippen LogP contribution in [-0.2, 0) is 4.74 Å². The lowest BCUT2D eigenvalue weighted by Crippen LogP contribution is -2.62. The largest absolute Gasteiger partial charge is 0.392 e. The number of halogens is 1. The molecule has 23 heavy (non-hydrogen) atoms. The summed E-state index contributed by atoms with van der Waals surface area (Å²) in [6, 6.07) is 3.72. The minimum absolute atomic E-state index is 0.0793. The first-order valence-electron chi connectivity index (χ1n) is 8.33. The highest BCUT2D eigenvalue weighted by Crippen LogP contribution is 2.51. The SMILES string of the molecule is CN(C)CCO[C@@H]1C[C@H](O)C12CCN(c1ncccc1Cl)CC2. The van der Waals surface area contributed by atoms with Gasteiger partial charge in [0.25, 0.3) is 0 Å². The average Bonchev–Trinajstić information content (AvgIpc) is 2.54. The van der Waals surface area contributed by atoms with Crippen molar-refractivity contribution < 1.29 is 9.84 Å². The van der Waals surface area contributed by atoms with E-state index >= 15 is 0 Å². The molecule has 0 bridgehead atoms. The quantitative estimate of drug-likeness (QED) is 0.889. The van der Waals surface area contributed by atoms with E-state index in [1.54, 1.807) is 6.20 Å². The van der Waals surface area contributed by atoms with Crippen LogP contribution in [0.5, 0.6) is 0 Å². The summed E-state index contributed by atoms with van der Waals surface area (Å²) in [5.41, 5.74) is -0.0793. The third-order valence-electron chi connectivity index (χ3n) is 5.33. The molecule has 128 valence electrons. The minimum Gasteiger partial charge on any atom is -0.392 e. The molecule has 2 fully saturated rings. The lowest BCUT2D eigenvalue weighted by atomic mass is 9.58. The van der Waals surface area contributed by atoms with E-state index in [1.165, 1.54) is 0 Å². The minimum atomic E-state index is -0.242. The van der Waals surface area contributed by atoms with E-state index < -0.39 is 0 Å². The molecule has 2 heterocycles. The Labute approximate surface area is 143 Å². The van der Waals surface area contributed by atoms with Crippen molar-refractivity contribution in [2.24, 2.45) is 5.41 Å². The predicted octanol–water partition coefficient (Wildman–Crippen LogP) is 2.03. The normalized spacial score (nSPS) is 26.6. The molecule has 3 rings (SSSR count). The number of aliphatic hydroxyl groups is 1. The molecule has 1 aromatic rings. The topological polar surface area (TPSA) is 48.8 Å². The fourth-order valence-electron chi connectivity index (χ4n) is 3.74. The summed E-state index contributed by atoms with van der Waals surface area (Å²) in [6.45, 7) is 3.36. The molecule has 1 aliphatic heterocycles. The zero-order valence-electron chi connectivity index (χ0n) is 13.9. The van der Waals surface area contributed by atoms with Gasteiger partial charge in [0.1, 0.15) is 5.82 Å². The van der Waals surface area contributed by atoms with E-state index in [0.29, 0.717) is 5.02 Å². The van der Waals surface area contributed by atoms with E-state index in [9.17, 15) is 5.11 Å². The van der Waals surface area contributed by atoms with E-state index in [0.717, 1.165) is 51.3 Å². The second-order valence-corrected chi connectivity index (χ2v) is 7.35. The van der Waals surface area contributed by atoms with Crippen molar-refractivity contribution in [3.8, 4) is 0 Å². The van der Waals surface area contributed by atoms with Crippen LogP contribution in [-0.4, -0.2) is 67.5 Å². The van der Waals surface area contributed by atoms with Gasteiger partial charge in [-0.05, 0) is 39.1 Å². The average molecular weight is 340 g/mol. The van der Waals surface area contributed by atoms with Crippen LogP contribution in [0.4, 0.5) is 5.82 Å². The van der Waals surface area contributed by atoms with Crippen LogP contribution >= 0.6 is 11.6 Å². The van der Waals surface area contributed by atoms with Crippen LogP contribution in [0.25, 0.3) is 0 Å². The van der Waals surface area contributed by atoms with Crippen LogP contribution in [0, 0.1) is 5.41 Å². The van der Waals surface area contributed by atoms with Gasteiger partial charge >= 0.3 is 0 Å². The van der Waals surface area contributed by atoms with Crippen molar-refractivity contribution in [1.82, 2.24) is 9.88 Å². The number of anilines is 1. The molecule has 1 aromatic heterocycles. The first-order chi connectivity index (χ1) is 11.0. The summed E-state index contributed by atoms with van der Waals surface area (Å²) in [5, 5.41) is 11.1. The third kappa shape index (κ3) is 3.33. The molecule has 2 aliphatic rings. The molecular formula is C17H26ClN3O2. The number of pyridine rings is 1. The molecular weight excluding hydrogens is 314 g/mol. The van der Waals surface area contributed by atoms with E-state index in [2.05, 4.69) is 14.8 Å². The first-order valence-corrected chi connectivity index (χ1v) is 8.70. The second kappa shape index (κ2) is 6.93. The van der Waals surface area contributed by atoms with Crippen LogP contribution in [0.1, 0.15) is 19.3 Å². The Morgan fingerprint density at radius 2 is 2.17 bits per heavy atom. The molecule has 0 radical (unpaired) electrons. The monoisotopic (exact) mass is 339 g/mol. The predicted molar refractivity (Wildman–Crippen MR) is 92.0 cm³/mol. The second-order valence-electron chi connectivity index (χ2n) is 6.94. The third-order valence-corrected chi connectivity index (χ3v) is 5.63. The maximum atomic E-state index is 10.4. The number of likely N-dealkylation sites (N-methyl/N-ethyl adjacent to an activating group) is 1. The molecule has 1 N–H and O–H groups in total. The van der Waals surface area contributed by atoms with Gasteiger partial charge in [0.05, 0.1) is 23.8 Å². The molecule has 6 heteroatoms. The van der Waals surface area contributed by atoms with Gasteiger partial charge in [0.2, 0.25) is 0 Å². The molecule has 0 aromatic carbocycles. The fourth-order valence-corrected chi connectivity index (χ4v) is 3.98. The van der Waals surface area contributed by atoms with Crippen molar-refractivity contribution in [2.75, 3.05) is 45.2 Å². The Hall–Kier alpha value is -0.880. The maximum absolute atomic E-state index is 10.4. The van der Waals surface area contributed by atoms with Crippen LogP contribution < -0.4 is 4.90 Å². The smallest absolute Gasteiger partial charge is 0.147 e. The summed E-state index contributed by atoms with van der Waals surface area (Å²) >= 11 is 6.25. The highest BCUT2D eigenvalue weighted by atomic mass is 35.5. The zero-order chi connectivity index (χ0) is 16.4. The van der Waals surface area contributed by atoms with Crippen molar-refractivity contribution >= 4 is 17.4 Å². The first kappa shape index (κ1) is 17.0. The van der Waals surface area contributed by atoms with Crippen molar-refractivity contribution in [3.63, 3.8) is 0 Å². The van der Waals surface area contributed by atoms with Gasteiger partial charge in [-0.2, -0.15) is 0 Å². The number of nitrogens with zero attached hydrogens (tertiary/aromatic N) is 3. The van der Waals surface area contributed by atoms with Gasteiger partial charge in [0.15, 0.2) is 0 Å². The van der Waals surface area contributed by atoms with Gasteiger partial charge in [-0.15, -0.1) is 0 Å². The fraction of sp³-hybridized carbons (Fsp3) is 0.706. The summed E-state index contributed by atoms with van der Waals surface area (Å²) in [5.74, 6) is 0.850. The van der Waals surface area contributed by atoms with Gasteiger partial charge < -0.3 is 19.6 Å². The number of rotatable bonds is 5. The number of hydrogen-bond donors (Lipinski definition) is 1. The summed E-state index contributed by atoms with van der Waals surface area (Å²) < 4.78 is 6.06. The van der Waals surface area contributed by atoms with Gasteiger partial charge in [-0.3, -0.25) is 0 Å². The lowest BCUT2D eigenvalue weighted by molar-refractivity contribution is -0.202. The van der Waals surface area contributed by atoms with Crippen molar-refractivity contribution in [1.29, 1.82) is 0 Å². The summed E-state index contributed by atoms with van der Waals surface area (Å²) in [7, 11) is 4.09. The molecule has 1 aliphatic carbocycles. The molecule has 5 nitrogen and oxygen atoms in total. The van der Waals surface area contributed by atoms with E-state index in [4.69, 9.17) is 16.3 Å². The van der Waals surface area contributed by atoms with Crippen LogP contribution in [0.2, 0.25) is 5.02 Å². The Bertz CT molecular complexity index is 532. The highest BCUT2D eigenvalue weighted by Gasteiger charge is 2.56. The summed E-state index contributed by atoms with van der Waals surface area (Å²) in [4.78, 5) is 8.73.